The number of hydrogen-bond acceptors (Lipinski definition) is 11. The topological polar surface area (TPSA) is 47.1 Å². The Balaban J connectivity index is 0.808. The summed E-state index contributed by atoms with van der Waals surface area (Å²) in [5.74, 6) is -4.56. The van der Waals surface area contributed by atoms with Crippen molar-refractivity contribution in [2.75, 3.05) is 29.4 Å². The second-order valence-corrected chi connectivity index (χ2v) is 32.9. The molecule has 122 heavy (non-hydrogen) atoms. The van der Waals surface area contributed by atoms with E-state index in [1.54, 1.807) is 88.7 Å². The molecule has 0 amide bonds. The number of halogens is 8. The lowest BCUT2D eigenvalue weighted by Gasteiger charge is -2.45. The fourth-order valence-electron chi connectivity index (χ4n) is 19.1. The van der Waals surface area contributed by atoms with E-state index >= 15 is 35.1 Å². The second-order valence-electron chi connectivity index (χ2n) is 30.7. The molecule has 6 aliphatic heterocycles. The van der Waals surface area contributed by atoms with Gasteiger partial charge in [0, 0.05) is 117 Å². The first-order chi connectivity index (χ1) is 59.8. The minimum Gasteiger partial charge on any atom is -0.458 e. The Morgan fingerprint density at radius 3 is 1.17 bits per heavy atom. The van der Waals surface area contributed by atoms with Gasteiger partial charge in [0.25, 0.3) is 20.1 Å². The molecule has 0 N–H and O–H groups in total. The Kier molecular flexibility index (Phi) is 16.0. The molecule has 22 heteroatoms. The molecule has 580 valence electrons. The lowest BCUT2D eigenvalue weighted by Crippen LogP contribution is -2.64. The van der Waals surface area contributed by atoms with Gasteiger partial charge in [0.15, 0.2) is 0 Å². The Hall–Kier alpha value is -14.7. The molecule has 9 nitrogen and oxygen atoms in total. The highest BCUT2D eigenvalue weighted by atomic mass is 32.1. The Morgan fingerprint density at radius 1 is 0.246 bits per heavy atom. The van der Waals surface area contributed by atoms with Crippen LogP contribution in [0.3, 0.4) is 0 Å². The molecule has 6 aliphatic rings. The molecular formula is C100H55B3F8N6O3S2. The van der Waals surface area contributed by atoms with Crippen LogP contribution in [0.2, 0.25) is 0 Å². The van der Waals surface area contributed by atoms with Gasteiger partial charge < -0.3 is 43.6 Å². The molecular weight excluding hydrogens is 1580 g/mol. The number of ether oxygens (including phenoxy) is 3. The van der Waals surface area contributed by atoms with Gasteiger partial charge in [-0.3, -0.25) is 0 Å². The summed E-state index contributed by atoms with van der Waals surface area (Å²) in [6.07, 6.45) is 0. The molecule has 0 spiro atoms. The van der Waals surface area contributed by atoms with Gasteiger partial charge in [0.05, 0.1) is 34.1 Å². The van der Waals surface area contributed by atoms with E-state index in [4.69, 9.17) is 14.2 Å². The van der Waals surface area contributed by atoms with Crippen LogP contribution < -0.4 is 91.4 Å². The SMILES string of the molecule is Fc1ccccc1N(c1ccccc1)c1cc2c3c(c1)N(c1ccccc1F)c1c(sc4ccccc14)B3c1cc3c(cc1N2c1c(F)cccc1F)Oc1cc(N(c2ccccc2)c2ccccc2)cc2c1B3c1cc3c(cc1O2)N(c1c(F)cccc1F)c1cc(N(c2ccccc2)c2c(F)cccc2F)cc2c1B3c1sc3ccccc3c1O2. The Bertz CT molecular complexity index is 7370. The molecule has 0 saturated heterocycles. The predicted octanol–water partition coefficient (Wildman–Crippen LogP) is 22.9. The number of anilines is 18. The van der Waals surface area contributed by atoms with E-state index in [1.165, 1.54) is 99.2 Å². The average Bonchev–Trinajstić information content (AvgIpc) is 1.20. The second kappa shape index (κ2) is 27.4. The number of nitrogens with zero attached hydrogens (tertiary/aromatic N) is 6. The van der Waals surface area contributed by atoms with Crippen molar-refractivity contribution in [3.63, 3.8) is 0 Å². The van der Waals surface area contributed by atoms with Crippen molar-refractivity contribution in [3.05, 3.63) is 380 Å². The predicted molar refractivity (Wildman–Crippen MR) is 478 cm³/mol. The van der Waals surface area contributed by atoms with Crippen molar-refractivity contribution < 1.29 is 49.3 Å². The van der Waals surface area contributed by atoms with Crippen LogP contribution in [0.4, 0.5) is 137 Å². The molecule has 0 radical (unpaired) electrons. The number of para-hydroxylation sites is 9. The summed E-state index contributed by atoms with van der Waals surface area (Å²) in [6, 6.07) is 96.1. The molecule has 0 aliphatic carbocycles. The first-order valence-electron chi connectivity index (χ1n) is 39.6. The van der Waals surface area contributed by atoms with E-state index in [-0.39, 0.29) is 45.7 Å². The highest BCUT2D eigenvalue weighted by Crippen LogP contribution is 2.56. The van der Waals surface area contributed by atoms with Gasteiger partial charge in [-0.05, 0) is 178 Å². The summed E-state index contributed by atoms with van der Waals surface area (Å²) in [5.41, 5.74) is 8.81. The maximum Gasteiger partial charge on any atom is 0.268 e. The van der Waals surface area contributed by atoms with Crippen LogP contribution in [0.5, 0.6) is 34.5 Å². The van der Waals surface area contributed by atoms with E-state index < -0.39 is 83.7 Å². The molecule has 0 bridgehead atoms. The third-order valence-electron chi connectivity index (χ3n) is 24.0. The van der Waals surface area contributed by atoms with Crippen LogP contribution in [0, 0.1) is 46.5 Å². The molecule has 8 heterocycles. The molecule has 2 aromatic heterocycles. The minimum atomic E-state index is -0.929. The molecule has 16 aromatic carbocycles. The number of hydrogen-bond donors (Lipinski definition) is 0. The van der Waals surface area contributed by atoms with Gasteiger partial charge in [0.1, 0.15) is 98.1 Å². The zero-order valence-electron chi connectivity index (χ0n) is 63.7. The molecule has 0 fully saturated rings. The monoisotopic (exact) mass is 1640 g/mol. The summed E-state index contributed by atoms with van der Waals surface area (Å²) in [6.45, 7) is -2.49. The third kappa shape index (κ3) is 10.7. The van der Waals surface area contributed by atoms with Crippen molar-refractivity contribution in [2.45, 2.75) is 0 Å². The summed E-state index contributed by atoms with van der Waals surface area (Å²) in [4.78, 5) is 10.3. The van der Waals surface area contributed by atoms with Crippen molar-refractivity contribution in [1.29, 1.82) is 0 Å². The fourth-order valence-corrected chi connectivity index (χ4v) is 21.7. The maximum absolute atomic E-state index is 18.1. The van der Waals surface area contributed by atoms with Gasteiger partial charge in [-0.15, -0.1) is 22.7 Å². The van der Waals surface area contributed by atoms with Gasteiger partial charge in [-0.2, -0.15) is 0 Å². The largest absolute Gasteiger partial charge is 0.458 e. The number of fused-ring (bicyclic) bond motifs is 16. The first-order valence-corrected chi connectivity index (χ1v) is 41.3. The van der Waals surface area contributed by atoms with Crippen LogP contribution in [0.15, 0.2) is 334 Å². The quantitative estimate of drug-likeness (QED) is 0.0879. The van der Waals surface area contributed by atoms with Crippen molar-refractivity contribution in [1.82, 2.24) is 0 Å². The van der Waals surface area contributed by atoms with E-state index in [9.17, 15) is 0 Å². The normalized spacial score (nSPS) is 13.2. The van der Waals surface area contributed by atoms with Crippen molar-refractivity contribution in [3.8, 4) is 34.5 Å². The lowest BCUT2D eigenvalue weighted by atomic mass is 9.31. The molecule has 0 saturated carbocycles. The summed E-state index contributed by atoms with van der Waals surface area (Å²) in [7, 11) is 0. The summed E-state index contributed by atoms with van der Waals surface area (Å²) < 4.78 is 167. The highest BCUT2D eigenvalue weighted by Gasteiger charge is 2.53. The van der Waals surface area contributed by atoms with E-state index in [2.05, 4.69) is 11.0 Å². The van der Waals surface area contributed by atoms with Crippen LogP contribution >= 0.6 is 22.7 Å². The Labute approximate surface area is 702 Å². The molecule has 0 unspecified atom stereocenters. The van der Waals surface area contributed by atoms with Gasteiger partial charge in [-0.1, -0.05) is 158 Å². The fraction of sp³-hybridized carbons (Fsp3) is 0. The summed E-state index contributed by atoms with van der Waals surface area (Å²) >= 11 is 3.02. The number of thiophene rings is 2. The zero-order valence-corrected chi connectivity index (χ0v) is 65.4. The zero-order chi connectivity index (χ0) is 81.6. The van der Waals surface area contributed by atoms with E-state index in [0.717, 1.165) is 41.1 Å². The van der Waals surface area contributed by atoms with Gasteiger partial charge in [0.2, 0.25) is 0 Å². The maximum atomic E-state index is 18.1. The highest BCUT2D eigenvalue weighted by molar-refractivity contribution is 7.34. The Morgan fingerprint density at radius 2 is 0.639 bits per heavy atom. The third-order valence-corrected chi connectivity index (χ3v) is 26.5. The van der Waals surface area contributed by atoms with Crippen LogP contribution in [0.1, 0.15) is 0 Å². The van der Waals surface area contributed by atoms with Gasteiger partial charge >= 0.3 is 0 Å². The van der Waals surface area contributed by atoms with E-state index in [0.29, 0.717) is 101 Å². The lowest BCUT2D eigenvalue weighted by molar-refractivity contribution is 0.465. The van der Waals surface area contributed by atoms with E-state index in [1.807, 2.05) is 187 Å². The van der Waals surface area contributed by atoms with Crippen molar-refractivity contribution in [2.24, 2.45) is 0 Å². The number of rotatable bonds is 12. The minimum absolute atomic E-state index is 0.157. The van der Waals surface area contributed by atoms with Crippen LogP contribution in [-0.4, -0.2) is 20.1 Å². The number of benzene rings is 16. The molecule has 18 aromatic rings. The van der Waals surface area contributed by atoms with Crippen LogP contribution in [-0.2, 0) is 0 Å². The first kappa shape index (κ1) is 71.4. The molecule has 24 rings (SSSR count). The smallest absolute Gasteiger partial charge is 0.268 e. The molecule has 0 atom stereocenters. The standard InChI is InChI=1S/C100H55B3F8N6O3S2/c104-69-34-15-17-42-77(69)113(58-28-9-3-10-29-58)60-46-81-91-82(47-60)116(96-73(108)38-22-39-74(96)109)79-54-84-67(52-65(79)102(91)99-94(63-32-13-19-44-89(63)121-99)115(81)78-43-18-16-35-70(78)105)101-68-53-66-80(55-85(68)119-88-51-62(50-87(118-84)93(88)101)112(56-24-5-1-6-25-56)57-26-7-2-8-27-57)117(97-75(110)40-23-41-76(97)111)83-48-61(114(59-30-11-4-12-31-59)95-71(106)36-21-37-72(95)107)49-86-92(83)103(66)100-98(120-86)64-33-14-20-45-90(64)122-100/h1-55H. The van der Waals surface area contributed by atoms with Gasteiger partial charge in [-0.25, -0.2) is 35.1 Å². The summed E-state index contributed by atoms with van der Waals surface area (Å²) in [5, 5.41) is 1.57. The average molecular weight is 1640 g/mol. The van der Waals surface area contributed by atoms with Crippen LogP contribution in [0.25, 0.3) is 20.2 Å². The van der Waals surface area contributed by atoms with Crippen molar-refractivity contribution >= 4 is 213 Å².